The number of aromatic nitrogens is 6. The Labute approximate surface area is 357 Å². The van der Waals surface area contributed by atoms with Crippen LogP contribution in [0.25, 0.3) is 112 Å². The molecular weight excluding hydrogens is 757 g/mol. The number of para-hydroxylation sites is 3. The molecular formula is C56H36N6. The third kappa shape index (κ3) is 5.96. The maximum Gasteiger partial charge on any atom is 0.238 e. The lowest BCUT2D eigenvalue weighted by Crippen LogP contribution is -2.06. The van der Waals surface area contributed by atoms with Gasteiger partial charge in [-0.3, -0.25) is 4.57 Å². The molecule has 0 aliphatic heterocycles. The number of fused-ring (bicyclic) bond motifs is 7. The van der Waals surface area contributed by atoms with Gasteiger partial charge in [0.1, 0.15) is 0 Å². The largest absolute Gasteiger partial charge is 0.309 e. The highest BCUT2D eigenvalue weighted by atomic mass is 15.2. The van der Waals surface area contributed by atoms with Gasteiger partial charge in [-0.05, 0) is 53.6 Å². The summed E-state index contributed by atoms with van der Waals surface area (Å²) in [4.78, 5) is 20.8. The van der Waals surface area contributed by atoms with E-state index < -0.39 is 0 Å². The van der Waals surface area contributed by atoms with E-state index >= 15 is 0 Å². The minimum atomic E-state index is 0.556. The van der Waals surface area contributed by atoms with Crippen molar-refractivity contribution in [2.24, 2.45) is 0 Å². The second-order valence-electron chi connectivity index (χ2n) is 15.5. The summed E-state index contributed by atoms with van der Waals surface area (Å²) in [6.07, 6.45) is 0. The summed E-state index contributed by atoms with van der Waals surface area (Å²) in [6.45, 7) is 0. The molecule has 12 rings (SSSR count). The topological polar surface area (TPSA) is 61.4 Å². The van der Waals surface area contributed by atoms with Crippen molar-refractivity contribution in [3.63, 3.8) is 0 Å². The Morgan fingerprint density at radius 1 is 0.290 bits per heavy atom. The molecule has 0 unspecified atom stereocenters. The molecule has 0 saturated carbocycles. The molecule has 0 aliphatic carbocycles. The van der Waals surface area contributed by atoms with Crippen LogP contribution in [0.3, 0.4) is 0 Å². The Bertz CT molecular complexity index is 3540. The molecule has 290 valence electrons. The molecule has 62 heavy (non-hydrogen) atoms. The molecule has 0 radical (unpaired) electrons. The minimum Gasteiger partial charge on any atom is -0.309 e. The highest BCUT2D eigenvalue weighted by Crippen LogP contribution is 2.42. The van der Waals surface area contributed by atoms with Crippen LogP contribution in [-0.2, 0) is 0 Å². The maximum absolute atomic E-state index is 5.31. The first-order valence-corrected chi connectivity index (χ1v) is 20.8. The van der Waals surface area contributed by atoms with Crippen LogP contribution < -0.4 is 0 Å². The molecule has 0 bridgehead atoms. The molecule has 0 saturated heterocycles. The van der Waals surface area contributed by atoms with Gasteiger partial charge in [-0.15, -0.1) is 0 Å². The van der Waals surface area contributed by atoms with Crippen LogP contribution in [0.15, 0.2) is 218 Å². The molecule has 8 aromatic carbocycles. The van der Waals surface area contributed by atoms with Gasteiger partial charge in [0.2, 0.25) is 5.95 Å². The van der Waals surface area contributed by atoms with E-state index in [2.05, 4.69) is 197 Å². The third-order valence-corrected chi connectivity index (χ3v) is 11.8. The fourth-order valence-electron chi connectivity index (χ4n) is 8.90. The molecule has 6 heteroatoms. The van der Waals surface area contributed by atoms with Crippen LogP contribution in [0.5, 0.6) is 0 Å². The van der Waals surface area contributed by atoms with Crippen molar-refractivity contribution < 1.29 is 0 Å². The maximum atomic E-state index is 5.31. The SMILES string of the molecule is c1ccc(-c2cc(-c3ccc(-c4nc(-c5ccccc5)nc(-n5c6ccccc6c6c5ccc5c7ccccc7n(-c7ccccc7)c56)n4)cc3)cc(-c3ccccc3)n2)cc1. The summed E-state index contributed by atoms with van der Waals surface area (Å²) in [5.41, 5.74) is 13.4. The van der Waals surface area contributed by atoms with Gasteiger partial charge in [0, 0.05) is 49.5 Å². The van der Waals surface area contributed by atoms with Crippen LogP contribution in [0.2, 0.25) is 0 Å². The van der Waals surface area contributed by atoms with Crippen LogP contribution in [0, 0.1) is 0 Å². The molecule has 6 nitrogen and oxygen atoms in total. The zero-order valence-corrected chi connectivity index (χ0v) is 33.5. The molecule has 0 aliphatic rings. The minimum absolute atomic E-state index is 0.556. The summed E-state index contributed by atoms with van der Waals surface area (Å²) >= 11 is 0. The first-order valence-electron chi connectivity index (χ1n) is 20.8. The number of benzene rings is 8. The molecule has 0 N–H and O–H groups in total. The van der Waals surface area contributed by atoms with Gasteiger partial charge in [0.05, 0.1) is 33.5 Å². The van der Waals surface area contributed by atoms with Crippen LogP contribution in [0.4, 0.5) is 0 Å². The molecule has 4 heterocycles. The first-order chi connectivity index (χ1) is 30.7. The Hall–Kier alpha value is -8.48. The summed E-state index contributed by atoms with van der Waals surface area (Å²) in [6, 6.07) is 76.1. The Balaban J connectivity index is 1.05. The molecule has 0 atom stereocenters. The predicted molar refractivity (Wildman–Crippen MR) is 253 cm³/mol. The second kappa shape index (κ2) is 14.7. The smallest absolute Gasteiger partial charge is 0.238 e. The highest BCUT2D eigenvalue weighted by molar-refractivity contribution is 6.26. The van der Waals surface area contributed by atoms with Crippen LogP contribution >= 0.6 is 0 Å². The Morgan fingerprint density at radius 2 is 0.774 bits per heavy atom. The van der Waals surface area contributed by atoms with E-state index in [-0.39, 0.29) is 0 Å². The summed E-state index contributed by atoms with van der Waals surface area (Å²) in [7, 11) is 0. The number of pyridine rings is 1. The first kappa shape index (κ1) is 35.5. The van der Waals surface area contributed by atoms with Crippen molar-refractivity contribution in [1.82, 2.24) is 29.1 Å². The van der Waals surface area contributed by atoms with Crippen molar-refractivity contribution in [1.29, 1.82) is 0 Å². The van der Waals surface area contributed by atoms with Gasteiger partial charge >= 0.3 is 0 Å². The number of hydrogen-bond donors (Lipinski definition) is 0. The molecule has 0 spiro atoms. The van der Waals surface area contributed by atoms with E-state index in [1.54, 1.807) is 0 Å². The summed E-state index contributed by atoms with van der Waals surface area (Å²) in [5, 5.41) is 4.68. The van der Waals surface area contributed by atoms with E-state index in [1.165, 1.54) is 10.8 Å². The van der Waals surface area contributed by atoms with Crippen molar-refractivity contribution >= 4 is 43.6 Å². The Morgan fingerprint density at radius 3 is 1.39 bits per heavy atom. The molecule has 4 aromatic heterocycles. The lowest BCUT2D eigenvalue weighted by atomic mass is 9.99. The summed E-state index contributed by atoms with van der Waals surface area (Å²) < 4.78 is 4.60. The zero-order chi connectivity index (χ0) is 41.0. The lowest BCUT2D eigenvalue weighted by molar-refractivity contribution is 0.953. The van der Waals surface area contributed by atoms with Gasteiger partial charge in [0.15, 0.2) is 11.6 Å². The van der Waals surface area contributed by atoms with E-state index in [1.807, 2.05) is 30.3 Å². The number of nitrogens with zero attached hydrogens (tertiary/aromatic N) is 6. The summed E-state index contributed by atoms with van der Waals surface area (Å²) in [5.74, 6) is 1.75. The zero-order valence-electron chi connectivity index (χ0n) is 33.5. The van der Waals surface area contributed by atoms with Crippen molar-refractivity contribution in [3.05, 3.63) is 218 Å². The van der Waals surface area contributed by atoms with Crippen molar-refractivity contribution in [2.75, 3.05) is 0 Å². The van der Waals surface area contributed by atoms with Crippen molar-refractivity contribution in [2.45, 2.75) is 0 Å². The van der Waals surface area contributed by atoms with E-state index in [4.69, 9.17) is 19.9 Å². The van der Waals surface area contributed by atoms with E-state index in [0.29, 0.717) is 17.6 Å². The molecule has 0 amide bonds. The van der Waals surface area contributed by atoms with Gasteiger partial charge in [0.25, 0.3) is 0 Å². The fraction of sp³-hybridized carbons (Fsp3) is 0. The standard InChI is InChI=1S/C56H36N6/c1-5-17-38(18-6-1)47-35-42(36-48(57-47)39-19-7-2-8-20-39)37-29-31-41(32-30-37)55-58-54(40-21-9-3-10-22-40)59-56(60-55)62-50-28-16-14-26-46(50)52-51(62)34-33-45-44-25-13-15-27-49(44)61(53(45)52)43-23-11-4-12-24-43/h1-36H. The quantitative estimate of drug-likeness (QED) is 0.161. The highest BCUT2D eigenvalue weighted by Gasteiger charge is 2.23. The van der Waals surface area contributed by atoms with Gasteiger partial charge < -0.3 is 4.57 Å². The Kier molecular flexibility index (Phi) is 8.38. The van der Waals surface area contributed by atoms with Gasteiger partial charge in [-0.25, -0.2) is 9.97 Å². The number of hydrogen-bond acceptors (Lipinski definition) is 4. The van der Waals surface area contributed by atoms with E-state index in [0.717, 1.165) is 83.3 Å². The lowest BCUT2D eigenvalue weighted by Gasteiger charge is -2.12. The van der Waals surface area contributed by atoms with Crippen LogP contribution in [-0.4, -0.2) is 29.1 Å². The molecule has 0 fully saturated rings. The van der Waals surface area contributed by atoms with Gasteiger partial charge in [-0.2, -0.15) is 9.97 Å². The average molecular weight is 793 g/mol. The second-order valence-corrected chi connectivity index (χ2v) is 15.5. The van der Waals surface area contributed by atoms with Crippen molar-refractivity contribution in [3.8, 4) is 68.1 Å². The average Bonchev–Trinajstić information content (AvgIpc) is 3.88. The van der Waals surface area contributed by atoms with Crippen LogP contribution in [0.1, 0.15) is 0 Å². The molecule has 12 aromatic rings. The normalized spacial score (nSPS) is 11.5. The third-order valence-electron chi connectivity index (χ3n) is 11.8. The number of rotatable bonds is 7. The van der Waals surface area contributed by atoms with Gasteiger partial charge in [-0.1, -0.05) is 176 Å². The monoisotopic (exact) mass is 792 g/mol. The van der Waals surface area contributed by atoms with E-state index in [9.17, 15) is 0 Å². The predicted octanol–water partition coefficient (Wildman–Crippen LogP) is 13.8. The fourth-order valence-corrected chi connectivity index (χ4v) is 8.90.